The van der Waals surface area contributed by atoms with E-state index >= 15 is 0 Å². The van der Waals surface area contributed by atoms with Crippen molar-refractivity contribution in [2.24, 2.45) is 0 Å². The summed E-state index contributed by atoms with van der Waals surface area (Å²) < 4.78 is 22.3. The van der Waals surface area contributed by atoms with Crippen LogP contribution in [-0.2, 0) is 30.3 Å². The van der Waals surface area contributed by atoms with Gasteiger partial charge in [-0.25, -0.2) is 0 Å². The van der Waals surface area contributed by atoms with Crippen molar-refractivity contribution in [3.05, 3.63) is 48.6 Å². The lowest BCUT2D eigenvalue weighted by Crippen LogP contribution is -2.59. The zero-order valence-electron chi connectivity index (χ0n) is 14.0. The minimum absolute atomic E-state index is 0.233. The van der Waals surface area contributed by atoms with Gasteiger partial charge in [0.25, 0.3) is 0 Å². The van der Waals surface area contributed by atoms with Gasteiger partial charge in [-0.05, 0) is 12.5 Å². The van der Waals surface area contributed by atoms with Crippen LogP contribution in [0.15, 0.2) is 43.0 Å². The van der Waals surface area contributed by atoms with Gasteiger partial charge in [0.2, 0.25) is 0 Å². The number of carbonyl (C=O) groups excluding carboxylic acids is 1. The molecule has 1 aromatic carbocycles. The highest BCUT2D eigenvalue weighted by molar-refractivity contribution is 5.66. The molecule has 1 N–H and O–H groups in total. The Morgan fingerprint density at radius 1 is 1.29 bits per heavy atom. The normalized spacial score (nSPS) is 29.9. The predicted octanol–water partition coefficient (Wildman–Crippen LogP) is 1.81. The molecule has 132 valence electrons. The summed E-state index contributed by atoms with van der Waals surface area (Å²) in [7, 11) is 0. The van der Waals surface area contributed by atoms with E-state index in [1.165, 1.54) is 6.92 Å². The molecule has 0 spiro atoms. The van der Waals surface area contributed by atoms with E-state index in [1.807, 2.05) is 30.3 Å². The third-order valence-corrected chi connectivity index (χ3v) is 3.72. The smallest absolute Gasteiger partial charge is 0.303 e. The van der Waals surface area contributed by atoms with E-state index in [4.69, 9.17) is 18.9 Å². The maximum Gasteiger partial charge on any atom is 0.303 e. The number of aliphatic hydroxyl groups excluding tert-OH is 1. The van der Waals surface area contributed by atoms with E-state index in [1.54, 1.807) is 13.0 Å². The third kappa shape index (κ3) is 4.88. The fraction of sp³-hybridized carbons (Fsp3) is 0.500. The van der Waals surface area contributed by atoms with Crippen molar-refractivity contribution in [3.63, 3.8) is 0 Å². The van der Waals surface area contributed by atoms with Gasteiger partial charge in [-0.1, -0.05) is 36.4 Å². The number of aliphatic hydroxyl groups is 1. The number of hydrogen-bond donors (Lipinski definition) is 1. The maximum absolute atomic E-state index is 11.4. The summed E-state index contributed by atoms with van der Waals surface area (Å²) in [5, 5.41) is 10.4. The van der Waals surface area contributed by atoms with Crippen molar-refractivity contribution < 1.29 is 28.8 Å². The maximum atomic E-state index is 11.4. The second-order valence-electron chi connectivity index (χ2n) is 5.66. The summed E-state index contributed by atoms with van der Waals surface area (Å²) in [6.07, 6.45) is -2.34. The van der Waals surface area contributed by atoms with Crippen molar-refractivity contribution in [1.82, 2.24) is 0 Å². The lowest BCUT2D eigenvalue weighted by Gasteiger charge is -2.42. The molecule has 0 radical (unpaired) electrons. The van der Waals surface area contributed by atoms with Gasteiger partial charge in [-0.15, -0.1) is 6.58 Å². The number of esters is 1. The van der Waals surface area contributed by atoms with E-state index in [9.17, 15) is 9.90 Å². The molecule has 1 aliphatic heterocycles. The fourth-order valence-electron chi connectivity index (χ4n) is 2.56. The molecule has 0 saturated carbocycles. The molecule has 0 aliphatic carbocycles. The van der Waals surface area contributed by atoms with E-state index in [0.717, 1.165) is 5.56 Å². The average molecular weight is 336 g/mol. The van der Waals surface area contributed by atoms with Crippen LogP contribution in [0.5, 0.6) is 0 Å². The lowest BCUT2D eigenvalue weighted by atomic mass is 9.99. The predicted molar refractivity (Wildman–Crippen MR) is 87.1 cm³/mol. The number of hydrogen-bond acceptors (Lipinski definition) is 6. The highest BCUT2D eigenvalue weighted by atomic mass is 16.7. The molecule has 2 rings (SSSR count). The Morgan fingerprint density at radius 3 is 2.62 bits per heavy atom. The van der Waals surface area contributed by atoms with Crippen molar-refractivity contribution >= 4 is 5.97 Å². The molecule has 6 nitrogen and oxygen atoms in total. The van der Waals surface area contributed by atoms with Gasteiger partial charge in [0.1, 0.15) is 12.2 Å². The summed E-state index contributed by atoms with van der Waals surface area (Å²) >= 11 is 0. The van der Waals surface area contributed by atoms with E-state index in [0.29, 0.717) is 0 Å². The summed E-state index contributed by atoms with van der Waals surface area (Å²) in [6, 6.07) is 9.56. The molecule has 1 fully saturated rings. The summed E-state index contributed by atoms with van der Waals surface area (Å²) in [5.41, 5.74) is 0.953. The standard InChI is InChI=1S/C18H24O6/c1-4-10-21-18-17(24-13(3)19)16(15(20)12(2)23-18)22-11-14-8-6-5-7-9-14/h4-9,12,15-18,20H,1,10-11H2,2-3H3. The molecule has 1 saturated heterocycles. The summed E-state index contributed by atoms with van der Waals surface area (Å²) in [6.45, 7) is 7.12. The summed E-state index contributed by atoms with van der Waals surface area (Å²) in [5.74, 6) is -0.495. The number of benzene rings is 1. The Labute approximate surface area is 142 Å². The van der Waals surface area contributed by atoms with Gasteiger partial charge < -0.3 is 24.1 Å². The highest BCUT2D eigenvalue weighted by Gasteiger charge is 2.47. The molecule has 5 unspecified atom stereocenters. The van der Waals surface area contributed by atoms with Gasteiger partial charge >= 0.3 is 5.97 Å². The number of ether oxygens (including phenoxy) is 4. The largest absolute Gasteiger partial charge is 0.454 e. The Morgan fingerprint density at radius 2 is 2.00 bits per heavy atom. The zero-order chi connectivity index (χ0) is 17.5. The van der Waals surface area contributed by atoms with Gasteiger partial charge in [-0.3, -0.25) is 4.79 Å². The Bertz CT molecular complexity index is 532. The monoisotopic (exact) mass is 336 g/mol. The average Bonchev–Trinajstić information content (AvgIpc) is 2.57. The van der Waals surface area contributed by atoms with Gasteiger partial charge in [0.05, 0.1) is 19.3 Å². The Kier molecular flexibility index (Phi) is 6.93. The first-order chi connectivity index (χ1) is 11.5. The minimum Gasteiger partial charge on any atom is -0.454 e. The van der Waals surface area contributed by atoms with E-state index < -0.39 is 36.7 Å². The molecule has 6 heteroatoms. The Balaban J connectivity index is 2.13. The highest BCUT2D eigenvalue weighted by Crippen LogP contribution is 2.27. The molecule has 1 aromatic rings. The Hall–Kier alpha value is -1.73. The van der Waals surface area contributed by atoms with Gasteiger partial charge in [0, 0.05) is 6.92 Å². The van der Waals surface area contributed by atoms with Crippen LogP contribution in [0, 0.1) is 0 Å². The SMILES string of the molecule is C=CCOC1OC(C)C(O)C(OCc2ccccc2)C1OC(C)=O. The van der Waals surface area contributed by atoms with E-state index in [-0.39, 0.29) is 13.2 Å². The molecular formula is C18H24O6. The summed E-state index contributed by atoms with van der Waals surface area (Å²) in [4.78, 5) is 11.4. The van der Waals surface area contributed by atoms with Crippen LogP contribution in [0.4, 0.5) is 0 Å². The van der Waals surface area contributed by atoms with Gasteiger partial charge in [-0.2, -0.15) is 0 Å². The first-order valence-electron chi connectivity index (χ1n) is 7.91. The van der Waals surface area contributed by atoms with Crippen molar-refractivity contribution in [2.75, 3.05) is 6.61 Å². The van der Waals surface area contributed by atoms with Crippen molar-refractivity contribution in [3.8, 4) is 0 Å². The molecule has 24 heavy (non-hydrogen) atoms. The minimum atomic E-state index is -0.943. The first kappa shape index (κ1) is 18.6. The fourth-order valence-corrected chi connectivity index (χ4v) is 2.56. The third-order valence-electron chi connectivity index (χ3n) is 3.72. The molecule has 1 heterocycles. The van der Waals surface area contributed by atoms with Crippen LogP contribution in [0.25, 0.3) is 0 Å². The van der Waals surface area contributed by atoms with Crippen molar-refractivity contribution in [1.29, 1.82) is 0 Å². The van der Waals surface area contributed by atoms with Crippen molar-refractivity contribution in [2.45, 2.75) is 51.2 Å². The molecule has 1 aliphatic rings. The second kappa shape index (κ2) is 8.94. The zero-order valence-corrected chi connectivity index (χ0v) is 14.0. The van der Waals surface area contributed by atoms with Crippen LogP contribution in [0.2, 0.25) is 0 Å². The topological polar surface area (TPSA) is 74.2 Å². The van der Waals surface area contributed by atoms with E-state index in [2.05, 4.69) is 6.58 Å². The van der Waals surface area contributed by atoms with Gasteiger partial charge in [0.15, 0.2) is 12.4 Å². The first-order valence-corrected chi connectivity index (χ1v) is 7.91. The van der Waals surface area contributed by atoms with Crippen LogP contribution in [0.1, 0.15) is 19.4 Å². The number of carbonyl (C=O) groups is 1. The quantitative estimate of drug-likeness (QED) is 0.605. The van der Waals surface area contributed by atoms with Crippen LogP contribution < -0.4 is 0 Å². The lowest BCUT2D eigenvalue weighted by molar-refractivity contribution is -0.302. The molecule has 0 bridgehead atoms. The van der Waals surface area contributed by atoms with Crippen LogP contribution >= 0.6 is 0 Å². The number of rotatable bonds is 7. The molecular weight excluding hydrogens is 312 g/mol. The van der Waals surface area contributed by atoms with Crippen LogP contribution in [0.3, 0.4) is 0 Å². The second-order valence-corrected chi connectivity index (χ2v) is 5.66. The molecule has 0 amide bonds. The molecule has 5 atom stereocenters. The molecule has 0 aromatic heterocycles. The van der Waals surface area contributed by atoms with Crippen LogP contribution in [-0.4, -0.2) is 48.4 Å².